The lowest BCUT2D eigenvalue weighted by Crippen LogP contribution is -2.15. The van der Waals surface area contributed by atoms with E-state index in [9.17, 15) is 8.42 Å². The van der Waals surface area contributed by atoms with Gasteiger partial charge in [-0.1, -0.05) is 11.6 Å². The zero-order valence-corrected chi connectivity index (χ0v) is 10.2. The predicted molar refractivity (Wildman–Crippen MR) is 61.2 cm³/mol. The van der Waals surface area contributed by atoms with Gasteiger partial charge in [0.25, 0.3) is 10.0 Å². The van der Waals surface area contributed by atoms with E-state index < -0.39 is 10.0 Å². The van der Waals surface area contributed by atoms with Gasteiger partial charge in [0.05, 0.1) is 6.20 Å². The normalized spacial score (nSPS) is 11.4. The van der Waals surface area contributed by atoms with E-state index in [2.05, 4.69) is 24.7 Å². The second-order valence-electron chi connectivity index (χ2n) is 3.13. The molecule has 2 rings (SSSR count). The molecule has 0 saturated carbocycles. The molecule has 0 aliphatic carbocycles. The second-order valence-corrected chi connectivity index (χ2v) is 5.14. The van der Waals surface area contributed by atoms with E-state index in [4.69, 9.17) is 11.6 Å². The Morgan fingerprint density at radius 2 is 2.00 bits per heavy atom. The summed E-state index contributed by atoms with van der Waals surface area (Å²) in [5.41, 5.74) is 0. The molecular weight excluding hydrogens is 266 g/mol. The molecule has 0 unspecified atom stereocenters. The van der Waals surface area contributed by atoms with E-state index in [-0.39, 0.29) is 16.0 Å². The minimum atomic E-state index is -3.77. The van der Waals surface area contributed by atoms with Crippen molar-refractivity contribution < 1.29 is 8.42 Å². The molecule has 17 heavy (non-hydrogen) atoms. The summed E-state index contributed by atoms with van der Waals surface area (Å²) in [6.07, 6.45) is 3.91. The Hall–Kier alpha value is -1.67. The van der Waals surface area contributed by atoms with Gasteiger partial charge < -0.3 is 4.98 Å². The predicted octanol–water partition coefficient (Wildman–Crippen LogP) is 0.962. The molecule has 0 radical (unpaired) electrons. The first kappa shape index (κ1) is 11.8. The lowest BCUT2D eigenvalue weighted by Gasteiger charge is -2.05. The molecule has 7 nitrogen and oxygen atoms in total. The van der Waals surface area contributed by atoms with Crippen molar-refractivity contribution in [3.8, 4) is 0 Å². The fourth-order valence-corrected chi connectivity index (χ4v) is 2.30. The molecule has 0 aromatic carbocycles. The number of H-pyrrole nitrogens is 1. The Morgan fingerprint density at radius 3 is 2.59 bits per heavy atom. The molecule has 0 fully saturated rings. The maximum Gasteiger partial charge on any atom is 0.280 e. The van der Waals surface area contributed by atoms with Gasteiger partial charge in [0.15, 0.2) is 16.0 Å². The highest BCUT2D eigenvalue weighted by Gasteiger charge is 2.18. The highest BCUT2D eigenvalue weighted by molar-refractivity contribution is 7.92. The summed E-state index contributed by atoms with van der Waals surface area (Å²) in [6, 6.07) is 0. The standard InChI is InChI=1S/C8H8ClN5O2S/c1-5-12-4-6(13-5)17(15,16)14-8-7(9)10-2-3-11-8/h2-4H,1H3,(H,11,14)(H,12,13). The number of aromatic amines is 1. The third kappa shape index (κ3) is 2.53. The maximum absolute atomic E-state index is 11.9. The lowest BCUT2D eigenvalue weighted by atomic mass is 10.7. The van der Waals surface area contributed by atoms with Crippen LogP contribution in [0.2, 0.25) is 5.15 Å². The number of hydrogen-bond acceptors (Lipinski definition) is 5. The van der Waals surface area contributed by atoms with Gasteiger partial charge >= 0.3 is 0 Å². The fourth-order valence-electron chi connectivity index (χ4n) is 1.11. The minimum Gasteiger partial charge on any atom is -0.332 e. The summed E-state index contributed by atoms with van der Waals surface area (Å²) in [6.45, 7) is 1.65. The van der Waals surface area contributed by atoms with E-state index in [1.54, 1.807) is 6.92 Å². The number of nitrogens with zero attached hydrogens (tertiary/aromatic N) is 3. The third-order valence-electron chi connectivity index (χ3n) is 1.85. The SMILES string of the molecule is Cc1ncc(S(=O)(=O)Nc2nccnc2Cl)[nH]1. The summed E-state index contributed by atoms with van der Waals surface area (Å²) < 4.78 is 25.9. The number of hydrogen-bond donors (Lipinski definition) is 2. The monoisotopic (exact) mass is 273 g/mol. The molecule has 0 bridgehead atoms. The number of imidazole rings is 1. The third-order valence-corrected chi connectivity index (χ3v) is 3.38. The van der Waals surface area contributed by atoms with Crippen LogP contribution in [0.25, 0.3) is 0 Å². The quantitative estimate of drug-likeness (QED) is 0.867. The number of rotatable bonds is 3. The van der Waals surface area contributed by atoms with Crippen molar-refractivity contribution >= 4 is 27.4 Å². The molecular formula is C8H8ClN5O2S. The second kappa shape index (κ2) is 4.30. The molecule has 9 heteroatoms. The van der Waals surface area contributed by atoms with Gasteiger partial charge in [-0.05, 0) is 6.92 Å². The van der Waals surface area contributed by atoms with Crippen LogP contribution in [-0.2, 0) is 10.0 Å². The molecule has 0 atom stereocenters. The fraction of sp³-hybridized carbons (Fsp3) is 0.125. The number of nitrogens with one attached hydrogen (secondary N) is 2. The van der Waals surface area contributed by atoms with Crippen LogP contribution in [0.4, 0.5) is 5.82 Å². The van der Waals surface area contributed by atoms with Gasteiger partial charge in [0.1, 0.15) is 5.82 Å². The first-order valence-corrected chi connectivity index (χ1v) is 6.36. The van der Waals surface area contributed by atoms with Crippen molar-refractivity contribution in [2.24, 2.45) is 0 Å². The topological polar surface area (TPSA) is 101 Å². The van der Waals surface area contributed by atoms with Gasteiger partial charge in [0.2, 0.25) is 0 Å². The molecule has 0 saturated heterocycles. The highest BCUT2D eigenvalue weighted by atomic mass is 35.5. The first-order valence-electron chi connectivity index (χ1n) is 4.50. The Labute approximate surface area is 102 Å². The van der Waals surface area contributed by atoms with Crippen LogP contribution >= 0.6 is 11.6 Å². The van der Waals surface area contributed by atoms with Crippen LogP contribution in [0.15, 0.2) is 23.6 Å². The molecule has 2 aromatic rings. The number of aryl methyl sites for hydroxylation is 1. The van der Waals surface area contributed by atoms with Crippen molar-refractivity contribution in [3.63, 3.8) is 0 Å². The Balaban J connectivity index is 2.33. The Bertz CT molecular complexity index is 639. The van der Waals surface area contributed by atoms with E-state index >= 15 is 0 Å². The van der Waals surface area contributed by atoms with Crippen LogP contribution < -0.4 is 4.72 Å². The first-order chi connectivity index (χ1) is 7.99. The van der Waals surface area contributed by atoms with Gasteiger partial charge in [-0.3, -0.25) is 4.72 Å². The van der Waals surface area contributed by atoms with E-state index in [0.29, 0.717) is 5.82 Å². The van der Waals surface area contributed by atoms with Crippen LogP contribution in [0, 0.1) is 6.92 Å². The largest absolute Gasteiger partial charge is 0.332 e. The van der Waals surface area contributed by atoms with Crippen LogP contribution in [-0.4, -0.2) is 28.4 Å². The van der Waals surface area contributed by atoms with Crippen molar-refractivity contribution in [1.82, 2.24) is 19.9 Å². The lowest BCUT2D eigenvalue weighted by molar-refractivity contribution is 0.598. The van der Waals surface area contributed by atoms with Crippen molar-refractivity contribution in [3.05, 3.63) is 29.6 Å². The maximum atomic E-state index is 11.9. The van der Waals surface area contributed by atoms with Crippen LogP contribution in [0.3, 0.4) is 0 Å². The zero-order valence-electron chi connectivity index (χ0n) is 8.68. The summed E-state index contributed by atoms with van der Waals surface area (Å²) >= 11 is 5.70. The van der Waals surface area contributed by atoms with E-state index in [1.807, 2.05) is 0 Å². The zero-order chi connectivity index (χ0) is 12.5. The van der Waals surface area contributed by atoms with Gasteiger partial charge in [-0.25, -0.2) is 15.0 Å². The van der Waals surface area contributed by atoms with Crippen molar-refractivity contribution in [1.29, 1.82) is 0 Å². The summed E-state index contributed by atoms with van der Waals surface area (Å²) in [5, 5.41) is -0.0796. The molecule has 2 aromatic heterocycles. The number of anilines is 1. The Kier molecular flexibility index (Phi) is 2.99. The summed E-state index contributed by atoms with van der Waals surface area (Å²) in [7, 11) is -3.77. The van der Waals surface area contributed by atoms with Gasteiger partial charge in [0, 0.05) is 12.4 Å². The van der Waals surface area contributed by atoms with E-state index in [0.717, 1.165) is 0 Å². The average molecular weight is 274 g/mol. The molecule has 0 aliphatic rings. The van der Waals surface area contributed by atoms with Crippen LogP contribution in [0.1, 0.15) is 5.82 Å². The van der Waals surface area contributed by atoms with Gasteiger partial charge in [-0.15, -0.1) is 0 Å². The number of sulfonamides is 1. The van der Waals surface area contributed by atoms with Gasteiger partial charge in [-0.2, -0.15) is 8.42 Å². The smallest absolute Gasteiger partial charge is 0.280 e. The molecule has 0 aliphatic heterocycles. The molecule has 2 heterocycles. The summed E-state index contributed by atoms with van der Waals surface area (Å²) in [4.78, 5) is 13.9. The molecule has 2 N–H and O–H groups in total. The molecule has 90 valence electrons. The summed E-state index contributed by atoms with van der Waals surface area (Å²) in [5.74, 6) is 0.469. The molecule has 0 amide bonds. The molecule has 0 spiro atoms. The van der Waals surface area contributed by atoms with Crippen molar-refractivity contribution in [2.75, 3.05) is 4.72 Å². The number of halogens is 1. The van der Waals surface area contributed by atoms with Crippen LogP contribution in [0.5, 0.6) is 0 Å². The average Bonchev–Trinajstić information content (AvgIpc) is 2.69. The number of aromatic nitrogens is 4. The Morgan fingerprint density at radius 1 is 1.29 bits per heavy atom. The minimum absolute atomic E-state index is 0.0210. The van der Waals surface area contributed by atoms with Crippen molar-refractivity contribution in [2.45, 2.75) is 11.9 Å². The highest BCUT2D eigenvalue weighted by Crippen LogP contribution is 2.18. The van der Waals surface area contributed by atoms with E-state index in [1.165, 1.54) is 18.6 Å².